The number of hydrogen-bond acceptors (Lipinski definition) is 8. The molecule has 0 aromatic carbocycles. The Morgan fingerprint density at radius 1 is 1.23 bits per heavy atom. The summed E-state index contributed by atoms with van der Waals surface area (Å²) in [5.41, 5.74) is -1.25. The van der Waals surface area contributed by atoms with E-state index in [1.807, 2.05) is 11.8 Å². The lowest BCUT2D eigenvalue weighted by Gasteiger charge is -2.28. The number of ether oxygens (including phenoxy) is 2. The first-order chi connectivity index (χ1) is 14.5. The third-order valence-electron chi connectivity index (χ3n) is 4.85. The largest absolute Gasteiger partial charge is 0.452 e. The average molecular weight is 418 g/mol. The average Bonchev–Trinajstić information content (AvgIpc) is 3.14. The maximum atomic E-state index is 13.2. The highest BCUT2D eigenvalue weighted by molar-refractivity contribution is 5.79. The van der Waals surface area contributed by atoms with E-state index in [0.717, 1.165) is 20.2 Å². The van der Waals surface area contributed by atoms with Gasteiger partial charge in [-0.1, -0.05) is 5.92 Å². The van der Waals surface area contributed by atoms with Gasteiger partial charge in [0, 0.05) is 32.8 Å². The number of aromatic nitrogens is 4. The molecule has 162 valence electrons. The summed E-state index contributed by atoms with van der Waals surface area (Å²) >= 11 is 0. The quantitative estimate of drug-likeness (QED) is 0.491. The molecule has 1 fully saturated rings. The zero-order valence-electron chi connectivity index (χ0n) is 17.4. The second-order valence-electron chi connectivity index (χ2n) is 6.58. The van der Waals surface area contributed by atoms with Crippen LogP contribution < -0.4 is 21.5 Å². The van der Waals surface area contributed by atoms with Crippen molar-refractivity contribution in [2.45, 2.75) is 26.9 Å². The van der Waals surface area contributed by atoms with E-state index in [0.29, 0.717) is 30.2 Å². The van der Waals surface area contributed by atoms with Crippen molar-refractivity contribution >= 4 is 23.2 Å². The molecule has 0 radical (unpaired) electrons. The molecule has 0 spiro atoms. The predicted octanol–water partition coefficient (Wildman–Crippen LogP) is -0.556. The fourth-order valence-corrected chi connectivity index (χ4v) is 3.40. The minimum atomic E-state index is -1.05. The molecule has 0 atom stereocenters. The van der Waals surface area contributed by atoms with Crippen LogP contribution in [0.3, 0.4) is 0 Å². The first kappa shape index (κ1) is 21.6. The van der Waals surface area contributed by atoms with Crippen LogP contribution in [0.5, 0.6) is 0 Å². The van der Waals surface area contributed by atoms with Gasteiger partial charge in [0.1, 0.15) is 0 Å². The van der Waals surface area contributed by atoms with Crippen LogP contribution in [0.1, 0.15) is 13.8 Å². The van der Waals surface area contributed by atoms with Gasteiger partial charge in [0.25, 0.3) is 5.56 Å². The number of carbonyl (C=O) groups excluding carboxylic acids is 1. The van der Waals surface area contributed by atoms with Crippen LogP contribution in [-0.4, -0.2) is 71.3 Å². The molecule has 0 unspecified atom stereocenters. The van der Waals surface area contributed by atoms with Crippen LogP contribution in [0.4, 0.5) is 10.7 Å². The molecular weight excluding hydrogens is 392 g/mol. The first-order valence-electron chi connectivity index (χ1n) is 9.82. The van der Waals surface area contributed by atoms with Gasteiger partial charge in [0.15, 0.2) is 11.2 Å². The van der Waals surface area contributed by atoms with Crippen LogP contribution in [-0.2, 0) is 22.6 Å². The van der Waals surface area contributed by atoms with E-state index in [4.69, 9.17) is 4.74 Å². The highest BCUT2D eigenvalue weighted by Crippen LogP contribution is 2.20. The van der Waals surface area contributed by atoms with Crippen LogP contribution in [0.2, 0.25) is 0 Å². The summed E-state index contributed by atoms with van der Waals surface area (Å²) in [6, 6.07) is 0. The van der Waals surface area contributed by atoms with Gasteiger partial charge in [0.2, 0.25) is 5.95 Å². The molecule has 0 amide bonds. The molecule has 1 saturated heterocycles. The Balaban J connectivity index is 2.32. The maximum Gasteiger partial charge on any atom is 0.425 e. The van der Waals surface area contributed by atoms with E-state index in [1.165, 1.54) is 4.57 Å². The van der Waals surface area contributed by atoms with Crippen molar-refractivity contribution in [3.05, 3.63) is 20.8 Å². The predicted molar refractivity (Wildman–Crippen MR) is 111 cm³/mol. The number of carbonyl (C=O) groups is 1. The van der Waals surface area contributed by atoms with E-state index >= 15 is 0 Å². The molecule has 0 saturated carbocycles. The molecule has 3 heterocycles. The van der Waals surface area contributed by atoms with Crippen molar-refractivity contribution in [3.63, 3.8) is 0 Å². The number of nitrogens with one attached hydrogen (secondary N) is 1. The van der Waals surface area contributed by atoms with Crippen LogP contribution in [0.15, 0.2) is 9.59 Å². The number of rotatable bonds is 6. The molecule has 3 rings (SSSR count). The third-order valence-corrected chi connectivity index (χ3v) is 4.85. The summed E-state index contributed by atoms with van der Waals surface area (Å²) in [5, 5.41) is 3.27. The Morgan fingerprint density at radius 2 is 1.97 bits per heavy atom. The fraction of sp³-hybridized carbons (Fsp3) is 0.579. The lowest BCUT2D eigenvalue weighted by atomic mass is 10.4. The Bertz CT molecular complexity index is 1100. The Hall–Kier alpha value is -3.10. The molecule has 0 bridgehead atoms. The van der Waals surface area contributed by atoms with Gasteiger partial charge < -0.3 is 19.7 Å². The summed E-state index contributed by atoms with van der Waals surface area (Å²) in [6.45, 7) is 7.51. The smallest absolute Gasteiger partial charge is 0.425 e. The number of hydrogen-bond donors (Lipinski definition) is 1. The number of piperazine rings is 1. The Labute approximate surface area is 173 Å². The Kier molecular flexibility index (Phi) is 6.91. The maximum absolute atomic E-state index is 13.2. The molecule has 2 aromatic heterocycles. The van der Waals surface area contributed by atoms with Gasteiger partial charge in [-0.2, -0.15) is 9.55 Å². The van der Waals surface area contributed by atoms with Crippen molar-refractivity contribution in [3.8, 4) is 11.8 Å². The van der Waals surface area contributed by atoms with Crippen molar-refractivity contribution in [1.29, 1.82) is 0 Å². The number of imidazole rings is 1. The van der Waals surface area contributed by atoms with Crippen LogP contribution >= 0.6 is 0 Å². The highest BCUT2D eigenvalue weighted by Gasteiger charge is 2.27. The zero-order chi connectivity index (χ0) is 21.7. The van der Waals surface area contributed by atoms with Crippen molar-refractivity contribution in [2.24, 2.45) is 0 Å². The van der Waals surface area contributed by atoms with Gasteiger partial charge >= 0.3 is 11.8 Å². The third kappa shape index (κ3) is 3.96. The van der Waals surface area contributed by atoms with Crippen molar-refractivity contribution < 1.29 is 14.3 Å². The summed E-state index contributed by atoms with van der Waals surface area (Å²) in [7, 11) is 1.12. The summed E-state index contributed by atoms with van der Waals surface area (Å²) in [6.07, 6.45) is -1.05. The summed E-state index contributed by atoms with van der Waals surface area (Å²) in [4.78, 5) is 45.1. The molecule has 2 aromatic rings. The lowest BCUT2D eigenvalue weighted by molar-refractivity contribution is 0.137. The van der Waals surface area contributed by atoms with Gasteiger partial charge in [-0.3, -0.25) is 13.9 Å². The van der Waals surface area contributed by atoms with E-state index in [1.54, 1.807) is 11.5 Å². The fourth-order valence-electron chi connectivity index (χ4n) is 3.40. The van der Waals surface area contributed by atoms with E-state index in [2.05, 4.69) is 26.9 Å². The molecule has 0 aliphatic carbocycles. The number of anilines is 1. The number of methoxy groups -OCH3 is 1. The minimum Gasteiger partial charge on any atom is -0.452 e. The number of nitrogens with zero attached hydrogens (tertiary/aromatic N) is 5. The Morgan fingerprint density at radius 3 is 2.60 bits per heavy atom. The topological polar surface area (TPSA) is 113 Å². The molecule has 1 N–H and O–H groups in total. The minimum absolute atomic E-state index is 0.132. The molecule has 11 nitrogen and oxygen atoms in total. The van der Waals surface area contributed by atoms with E-state index in [9.17, 15) is 14.4 Å². The molecule has 30 heavy (non-hydrogen) atoms. The van der Waals surface area contributed by atoms with Crippen LogP contribution in [0.25, 0.3) is 11.2 Å². The molecule has 1 aliphatic heterocycles. The van der Waals surface area contributed by atoms with Gasteiger partial charge in [-0.05, 0) is 13.8 Å². The number of fused-ring (bicyclic) bond motifs is 1. The SMILES string of the molecule is CC#CCn1c(N2CCNCC2)nc2c1c(=O)n(C(=O)OC)c(=O)n2CCOCC. The molecule has 1 aliphatic rings. The van der Waals surface area contributed by atoms with Crippen LogP contribution in [0, 0.1) is 11.8 Å². The summed E-state index contributed by atoms with van der Waals surface area (Å²) in [5.74, 6) is 6.31. The van der Waals surface area contributed by atoms with Gasteiger partial charge in [-0.15, -0.1) is 5.92 Å². The monoisotopic (exact) mass is 418 g/mol. The van der Waals surface area contributed by atoms with E-state index in [-0.39, 0.29) is 30.9 Å². The van der Waals surface area contributed by atoms with Crippen molar-refractivity contribution in [2.75, 3.05) is 51.4 Å². The first-order valence-corrected chi connectivity index (χ1v) is 9.82. The summed E-state index contributed by atoms with van der Waals surface area (Å²) < 4.78 is 13.5. The highest BCUT2D eigenvalue weighted by atomic mass is 16.5. The van der Waals surface area contributed by atoms with Gasteiger partial charge in [0.05, 0.1) is 26.8 Å². The molecular formula is C19H26N6O5. The second kappa shape index (κ2) is 9.60. The van der Waals surface area contributed by atoms with Gasteiger partial charge in [-0.25, -0.2) is 9.59 Å². The molecule has 11 heteroatoms. The van der Waals surface area contributed by atoms with Crippen molar-refractivity contribution in [1.82, 2.24) is 24.0 Å². The normalized spacial score (nSPS) is 13.9. The van der Waals surface area contributed by atoms with E-state index < -0.39 is 17.3 Å². The standard InChI is InChI=1S/C19H26N6O5/c1-4-6-9-23-14-15(21-17(23)22-10-7-20-8-11-22)24(12-13-30-5-2)18(27)25(16(14)26)19(28)29-3/h20H,5,7-13H2,1-3H3. The second-order valence-corrected chi connectivity index (χ2v) is 6.58. The lowest BCUT2D eigenvalue weighted by Crippen LogP contribution is -2.45. The zero-order valence-corrected chi connectivity index (χ0v) is 17.4.